The Kier molecular flexibility index (Phi) is 3.46. The average molecular weight is 231 g/mol. The number of nitrogens with one attached hydrogen (secondary N) is 1. The summed E-state index contributed by atoms with van der Waals surface area (Å²) in [5, 5.41) is 0. The Bertz CT molecular complexity index is 499. The minimum absolute atomic E-state index is 0.417. The summed E-state index contributed by atoms with van der Waals surface area (Å²) in [4.78, 5) is 12.5. The summed E-state index contributed by atoms with van der Waals surface area (Å²) >= 11 is 0. The average Bonchev–Trinajstić information content (AvgIpc) is 2.71. The van der Waals surface area contributed by atoms with Crippen LogP contribution >= 0.6 is 0 Å². The van der Waals surface area contributed by atoms with Crippen LogP contribution in [0.15, 0.2) is 12.1 Å². The maximum atomic E-state index is 4.65. The van der Waals surface area contributed by atoms with Crippen molar-refractivity contribution >= 4 is 11.2 Å². The van der Waals surface area contributed by atoms with Crippen LogP contribution in [0.1, 0.15) is 63.9 Å². The van der Waals surface area contributed by atoms with E-state index in [0.717, 1.165) is 22.7 Å². The summed E-state index contributed by atoms with van der Waals surface area (Å²) in [5.41, 5.74) is 3.05. The van der Waals surface area contributed by atoms with Gasteiger partial charge in [-0.15, -0.1) is 0 Å². The maximum Gasteiger partial charge on any atom is 0.177 e. The van der Waals surface area contributed by atoms with Crippen LogP contribution in [0.5, 0.6) is 0 Å². The van der Waals surface area contributed by atoms with E-state index in [1.807, 2.05) is 0 Å². The van der Waals surface area contributed by atoms with Crippen LogP contribution in [0.3, 0.4) is 0 Å². The first kappa shape index (κ1) is 12.1. The van der Waals surface area contributed by atoms with Gasteiger partial charge >= 0.3 is 0 Å². The monoisotopic (exact) mass is 231 g/mol. The topological polar surface area (TPSA) is 41.6 Å². The predicted molar refractivity (Wildman–Crippen MR) is 71.3 cm³/mol. The van der Waals surface area contributed by atoms with Crippen molar-refractivity contribution in [3.8, 4) is 0 Å². The van der Waals surface area contributed by atoms with Gasteiger partial charge in [0.15, 0.2) is 5.65 Å². The van der Waals surface area contributed by atoms with Gasteiger partial charge in [0, 0.05) is 11.6 Å². The molecular formula is C14H21N3. The Morgan fingerprint density at radius 2 is 1.94 bits per heavy atom. The standard InChI is InChI=1S/C14H21N3/c1-5-6-10(4)11-7-8-12-14(15-11)17-13(16-12)9(2)3/h7-10H,5-6H2,1-4H3,(H,15,16,17). The Labute approximate surface area is 103 Å². The number of fused-ring (bicyclic) bond motifs is 1. The van der Waals surface area contributed by atoms with Crippen molar-refractivity contribution in [2.45, 2.75) is 52.4 Å². The quantitative estimate of drug-likeness (QED) is 0.864. The first-order valence-corrected chi connectivity index (χ1v) is 6.48. The molecule has 0 aliphatic heterocycles. The molecule has 3 nitrogen and oxygen atoms in total. The summed E-state index contributed by atoms with van der Waals surface area (Å²) in [6.07, 6.45) is 2.37. The highest BCUT2D eigenvalue weighted by atomic mass is 15.0. The van der Waals surface area contributed by atoms with Gasteiger partial charge in [0.2, 0.25) is 0 Å². The highest BCUT2D eigenvalue weighted by Gasteiger charge is 2.10. The summed E-state index contributed by atoms with van der Waals surface area (Å²) in [6.45, 7) is 8.71. The zero-order valence-corrected chi connectivity index (χ0v) is 11.1. The van der Waals surface area contributed by atoms with E-state index < -0.39 is 0 Å². The number of imidazole rings is 1. The van der Waals surface area contributed by atoms with Crippen LogP contribution in [0, 0.1) is 0 Å². The summed E-state index contributed by atoms with van der Waals surface area (Å²) < 4.78 is 0. The van der Waals surface area contributed by atoms with Crippen LogP contribution in [0.2, 0.25) is 0 Å². The van der Waals surface area contributed by atoms with Gasteiger partial charge < -0.3 is 4.98 Å². The Morgan fingerprint density at radius 3 is 2.59 bits per heavy atom. The smallest absolute Gasteiger partial charge is 0.177 e. The molecule has 0 saturated heterocycles. The molecule has 0 saturated carbocycles. The minimum atomic E-state index is 0.417. The molecule has 0 aromatic carbocycles. The van der Waals surface area contributed by atoms with E-state index in [0.29, 0.717) is 11.8 Å². The molecule has 0 amide bonds. The third kappa shape index (κ3) is 2.48. The molecule has 2 aromatic rings. The molecule has 0 aliphatic rings. The SMILES string of the molecule is CCCC(C)c1ccc2[nH]c(C(C)C)nc2n1. The molecule has 2 heterocycles. The largest absolute Gasteiger partial charge is 0.340 e. The Hall–Kier alpha value is -1.38. The van der Waals surface area contributed by atoms with E-state index in [2.05, 4.69) is 54.8 Å². The lowest BCUT2D eigenvalue weighted by Crippen LogP contribution is -1.96. The van der Waals surface area contributed by atoms with Gasteiger partial charge in [-0.2, -0.15) is 0 Å². The number of hydrogen-bond donors (Lipinski definition) is 1. The number of aromatic nitrogens is 3. The number of pyridine rings is 1. The zero-order valence-electron chi connectivity index (χ0n) is 11.1. The number of hydrogen-bond acceptors (Lipinski definition) is 2. The molecule has 2 rings (SSSR count). The fourth-order valence-electron chi connectivity index (χ4n) is 2.05. The van der Waals surface area contributed by atoms with Crippen molar-refractivity contribution in [3.05, 3.63) is 23.7 Å². The summed E-state index contributed by atoms with van der Waals surface area (Å²) in [7, 11) is 0. The van der Waals surface area contributed by atoms with Crippen molar-refractivity contribution in [3.63, 3.8) is 0 Å². The maximum absolute atomic E-state index is 4.65. The first-order valence-electron chi connectivity index (χ1n) is 6.48. The predicted octanol–water partition coefficient (Wildman–Crippen LogP) is 3.98. The number of H-pyrrole nitrogens is 1. The van der Waals surface area contributed by atoms with Crippen LogP contribution in [-0.2, 0) is 0 Å². The third-order valence-electron chi connectivity index (χ3n) is 3.16. The van der Waals surface area contributed by atoms with Crippen LogP contribution in [0.25, 0.3) is 11.2 Å². The molecule has 17 heavy (non-hydrogen) atoms. The van der Waals surface area contributed by atoms with Crippen LogP contribution < -0.4 is 0 Å². The second-order valence-corrected chi connectivity index (χ2v) is 5.07. The zero-order chi connectivity index (χ0) is 12.4. The van der Waals surface area contributed by atoms with E-state index in [1.165, 1.54) is 12.8 Å². The molecule has 3 heteroatoms. The van der Waals surface area contributed by atoms with Gasteiger partial charge in [-0.05, 0) is 24.5 Å². The molecule has 0 bridgehead atoms. The Balaban J connectivity index is 2.36. The highest BCUT2D eigenvalue weighted by molar-refractivity contribution is 5.70. The van der Waals surface area contributed by atoms with Gasteiger partial charge in [-0.25, -0.2) is 9.97 Å². The second-order valence-electron chi connectivity index (χ2n) is 5.07. The molecule has 1 N–H and O–H groups in total. The molecule has 2 aromatic heterocycles. The molecule has 1 atom stereocenters. The van der Waals surface area contributed by atoms with Gasteiger partial charge in [-0.3, -0.25) is 0 Å². The minimum Gasteiger partial charge on any atom is -0.340 e. The third-order valence-corrected chi connectivity index (χ3v) is 3.16. The van der Waals surface area contributed by atoms with E-state index in [4.69, 9.17) is 0 Å². The lowest BCUT2D eigenvalue weighted by molar-refractivity contribution is 0.649. The summed E-state index contributed by atoms with van der Waals surface area (Å²) in [5.74, 6) is 1.96. The first-order chi connectivity index (χ1) is 8.11. The van der Waals surface area contributed by atoms with Crippen molar-refractivity contribution in [2.75, 3.05) is 0 Å². The van der Waals surface area contributed by atoms with Crippen molar-refractivity contribution in [1.29, 1.82) is 0 Å². The van der Waals surface area contributed by atoms with Crippen molar-refractivity contribution in [1.82, 2.24) is 15.0 Å². The van der Waals surface area contributed by atoms with E-state index in [9.17, 15) is 0 Å². The lowest BCUT2D eigenvalue weighted by atomic mass is 10.0. The normalized spacial score (nSPS) is 13.5. The fraction of sp³-hybridized carbons (Fsp3) is 0.571. The fourth-order valence-corrected chi connectivity index (χ4v) is 2.05. The Morgan fingerprint density at radius 1 is 1.18 bits per heavy atom. The summed E-state index contributed by atoms with van der Waals surface area (Å²) in [6, 6.07) is 4.22. The van der Waals surface area contributed by atoms with Gasteiger partial charge in [0.25, 0.3) is 0 Å². The molecule has 0 aliphatic carbocycles. The molecular weight excluding hydrogens is 210 g/mol. The van der Waals surface area contributed by atoms with Gasteiger partial charge in [-0.1, -0.05) is 34.1 Å². The molecule has 0 radical (unpaired) electrons. The molecule has 0 fully saturated rings. The highest BCUT2D eigenvalue weighted by Crippen LogP contribution is 2.22. The second kappa shape index (κ2) is 4.86. The number of aromatic amines is 1. The van der Waals surface area contributed by atoms with Crippen molar-refractivity contribution in [2.24, 2.45) is 0 Å². The molecule has 92 valence electrons. The molecule has 1 unspecified atom stereocenters. The van der Waals surface area contributed by atoms with E-state index in [1.54, 1.807) is 0 Å². The van der Waals surface area contributed by atoms with Crippen molar-refractivity contribution < 1.29 is 0 Å². The van der Waals surface area contributed by atoms with E-state index in [-0.39, 0.29) is 0 Å². The number of rotatable bonds is 4. The van der Waals surface area contributed by atoms with Gasteiger partial charge in [0.05, 0.1) is 5.52 Å². The van der Waals surface area contributed by atoms with E-state index >= 15 is 0 Å². The van der Waals surface area contributed by atoms with Crippen LogP contribution in [0.4, 0.5) is 0 Å². The lowest BCUT2D eigenvalue weighted by Gasteiger charge is -2.08. The van der Waals surface area contributed by atoms with Gasteiger partial charge in [0.1, 0.15) is 5.82 Å². The van der Waals surface area contributed by atoms with Crippen LogP contribution in [-0.4, -0.2) is 15.0 Å². The number of nitrogens with zero attached hydrogens (tertiary/aromatic N) is 2. The molecule has 0 spiro atoms.